The van der Waals surface area contributed by atoms with Gasteiger partial charge < -0.3 is 5.32 Å². The highest BCUT2D eigenvalue weighted by molar-refractivity contribution is 8.00. The highest BCUT2D eigenvalue weighted by atomic mass is 32.2. The summed E-state index contributed by atoms with van der Waals surface area (Å²) in [6, 6.07) is 12.3. The van der Waals surface area contributed by atoms with Crippen LogP contribution in [0.3, 0.4) is 0 Å². The second-order valence-corrected chi connectivity index (χ2v) is 6.00. The van der Waals surface area contributed by atoms with Crippen molar-refractivity contribution in [1.29, 1.82) is 0 Å². The molecule has 0 radical (unpaired) electrons. The van der Waals surface area contributed by atoms with Crippen LogP contribution in [0.2, 0.25) is 0 Å². The van der Waals surface area contributed by atoms with Crippen molar-refractivity contribution in [2.75, 3.05) is 5.32 Å². The molecule has 1 aromatic carbocycles. The van der Waals surface area contributed by atoms with Crippen molar-refractivity contribution in [2.24, 2.45) is 0 Å². The number of hydrogen-bond acceptors (Lipinski definition) is 3. The Kier molecular flexibility index (Phi) is 3.94. The number of fused-ring (bicyclic) bond motifs is 1. The van der Waals surface area contributed by atoms with Gasteiger partial charge in [-0.25, -0.2) is 4.98 Å². The van der Waals surface area contributed by atoms with Crippen LogP contribution >= 0.6 is 11.8 Å². The molecule has 2 nitrogen and oxygen atoms in total. The van der Waals surface area contributed by atoms with Gasteiger partial charge in [-0.1, -0.05) is 35.9 Å². The lowest BCUT2D eigenvalue weighted by atomic mass is 10.2. The van der Waals surface area contributed by atoms with Crippen LogP contribution in [0.5, 0.6) is 0 Å². The summed E-state index contributed by atoms with van der Waals surface area (Å²) in [6.07, 6.45) is 3.70. The first-order valence-electron chi connectivity index (χ1n) is 6.75. The molecule has 0 amide bonds. The fourth-order valence-corrected chi connectivity index (χ4v) is 3.41. The van der Waals surface area contributed by atoms with E-state index in [0.29, 0.717) is 5.37 Å². The number of hydrogen-bond donors (Lipinski definition) is 1. The number of pyridine rings is 1. The van der Waals surface area contributed by atoms with E-state index in [0.717, 1.165) is 18.5 Å². The molecule has 100 valence electrons. The summed E-state index contributed by atoms with van der Waals surface area (Å²) in [4.78, 5) is 5.55. The van der Waals surface area contributed by atoms with Crippen molar-refractivity contribution in [3.63, 3.8) is 0 Å². The molecule has 20 heavy (non-hydrogen) atoms. The van der Waals surface area contributed by atoms with Crippen LogP contribution in [-0.4, -0.2) is 10.4 Å². The topological polar surface area (TPSA) is 24.9 Å². The average Bonchev–Trinajstić information content (AvgIpc) is 2.89. The van der Waals surface area contributed by atoms with Crippen molar-refractivity contribution in [2.45, 2.75) is 30.0 Å². The summed E-state index contributed by atoms with van der Waals surface area (Å²) in [7, 11) is 0. The van der Waals surface area contributed by atoms with E-state index in [1.807, 2.05) is 30.0 Å². The zero-order valence-corrected chi connectivity index (χ0v) is 12.2. The molecule has 1 aliphatic heterocycles. The standard InChI is InChI=1S/C17H16N2S/c1-13-7-6-10-15-17(13)19-16(20-15)11-3-2-8-14-9-4-5-12-18-14/h4-7,9-10,12,16,19H,3,11H2,1H3. The fourth-order valence-electron chi connectivity index (χ4n) is 2.19. The molecule has 1 aliphatic rings. The lowest BCUT2D eigenvalue weighted by Crippen LogP contribution is -2.09. The van der Waals surface area contributed by atoms with Gasteiger partial charge in [0.1, 0.15) is 5.69 Å². The van der Waals surface area contributed by atoms with Gasteiger partial charge in [0.05, 0.1) is 11.1 Å². The molecule has 0 aliphatic carbocycles. The van der Waals surface area contributed by atoms with Crippen molar-refractivity contribution >= 4 is 17.4 Å². The molecule has 3 rings (SSSR count). The maximum Gasteiger partial charge on any atom is 0.113 e. The third-order valence-electron chi connectivity index (χ3n) is 3.22. The zero-order chi connectivity index (χ0) is 13.8. The largest absolute Gasteiger partial charge is 0.372 e. The first-order valence-corrected chi connectivity index (χ1v) is 7.63. The smallest absolute Gasteiger partial charge is 0.113 e. The summed E-state index contributed by atoms with van der Waals surface area (Å²) in [6.45, 7) is 2.15. The summed E-state index contributed by atoms with van der Waals surface area (Å²) in [5.41, 5.74) is 3.45. The Morgan fingerprint density at radius 3 is 3.00 bits per heavy atom. The molecule has 1 aromatic heterocycles. The lowest BCUT2D eigenvalue weighted by molar-refractivity contribution is 0.865. The number of nitrogens with one attached hydrogen (secondary N) is 1. The van der Waals surface area contributed by atoms with Crippen LogP contribution in [0.15, 0.2) is 47.5 Å². The number of rotatable bonds is 2. The van der Waals surface area contributed by atoms with Gasteiger partial charge >= 0.3 is 0 Å². The van der Waals surface area contributed by atoms with E-state index in [2.05, 4.69) is 47.3 Å². The number of anilines is 1. The molecule has 1 atom stereocenters. The third-order valence-corrected chi connectivity index (χ3v) is 4.45. The van der Waals surface area contributed by atoms with Gasteiger partial charge in [0.2, 0.25) is 0 Å². The van der Waals surface area contributed by atoms with Gasteiger partial charge in [-0.15, -0.1) is 0 Å². The maximum atomic E-state index is 4.20. The fraction of sp³-hybridized carbons (Fsp3) is 0.235. The number of benzene rings is 1. The van der Waals surface area contributed by atoms with Gasteiger partial charge in [-0.2, -0.15) is 0 Å². The van der Waals surface area contributed by atoms with E-state index in [9.17, 15) is 0 Å². The number of aryl methyl sites for hydroxylation is 1. The highest BCUT2D eigenvalue weighted by Gasteiger charge is 2.21. The molecule has 1 N–H and O–H groups in total. The molecule has 0 bridgehead atoms. The molecule has 0 fully saturated rings. The van der Waals surface area contributed by atoms with Gasteiger partial charge in [-0.3, -0.25) is 0 Å². The van der Waals surface area contributed by atoms with Crippen molar-refractivity contribution in [1.82, 2.24) is 4.98 Å². The van der Waals surface area contributed by atoms with Crippen molar-refractivity contribution in [3.8, 4) is 11.8 Å². The molecule has 0 spiro atoms. The monoisotopic (exact) mass is 280 g/mol. The number of nitrogens with zero attached hydrogens (tertiary/aromatic N) is 1. The lowest BCUT2D eigenvalue weighted by Gasteiger charge is -2.08. The van der Waals surface area contributed by atoms with Crippen LogP contribution in [0.4, 0.5) is 5.69 Å². The summed E-state index contributed by atoms with van der Waals surface area (Å²) >= 11 is 1.90. The van der Waals surface area contributed by atoms with Gasteiger partial charge in [-0.05, 0) is 43.0 Å². The Labute approximate surface area is 124 Å². The Balaban J connectivity index is 1.55. The number of para-hydroxylation sites is 1. The minimum absolute atomic E-state index is 0.434. The van der Waals surface area contributed by atoms with Crippen LogP contribution in [0, 0.1) is 18.8 Å². The number of thioether (sulfide) groups is 1. The predicted octanol–water partition coefficient (Wildman–Crippen LogP) is 4.07. The minimum Gasteiger partial charge on any atom is -0.372 e. The first kappa shape index (κ1) is 13.1. The molecule has 1 unspecified atom stereocenters. The molecular formula is C17H16N2S. The predicted molar refractivity (Wildman–Crippen MR) is 84.8 cm³/mol. The summed E-state index contributed by atoms with van der Waals surface area (Å²) in [5, 5.41) is 4.02. The average molecular weight is 280 g/mol. The summed E-state index contributed by atoms with van der Waals surface area (Å²) < 4.78 is 0. The Morgan fingerprint density at radius 1 is 1.25 bits per heavy atom. The Hall–Kier alpha value is -1.92. The van der Waals surface area contributed by atoms with E-state index < -0.39 is 0 Å². The van der Waals surface area contributed by atoms with Gasteiger partial charge in [0, 0.05) is 17.5 Å². The second kappa shape index (κ2) is 6.02. The molecule has 2 aromatic rings. The third kappa shape index (κ3) is 2.97. The van der Waals surface area contributed by atoms with E-state index in [4.69, 9.17) is 0 Å². The van der Waals surface area contributed by atoms with Crippen LogP contribution in [0.1, 0.15) is 24.1 Å². The van der Waals surface area contributed by atoms with Crippen LogP contribution in [0.25, 0.3) is 0 Å². The molecule has 0 saturated heterocycles. The number of aromatic nitrogens is 1. The minimum atomic E-state index is 0.434. The molecule has 0 saturated carbocycles. The van der Waals surface area contributed by atoms with Crippen molar-refractivity contribution in [3.05, 3.63) is 53.9 Å². The van der Waals surface area contributed by atoms with E-state index in [1.165, 1.54) is 16.1 Å². The van der Waals surface area contributed by atoms with Crippen molar-refractivity contribution < 1.29 is 0 Å². The van der Waals surface area contributed by atoms with Crippen LogP contribution < -0.4 is 5.32 Å². The van der Waals surface area contributed by atoms with E-state index in [1.54, 1.807) is 6.20 Å². The summed E-state index contributed by atoms with van der Waals surface area (Å²) in [5.74, 6) is 6.31. The highest BCUT2D eigenvalue weighted by Crippen LogP contribution is 2.41. The van der Waals surface area contributed by atoms with E-state index in [-0.39, 0.29) is 0 Å². The zero-order valence-electron chi connectivity index (χ0n) is 11.4. The van der Waals surface area contributed by atoms with Crippen LogP contribution in [-0.2, 0) is 0 Å². The van der Waals surface area contributed by atoms with Gasteiger partial charge in [0.15, 0.2) is 0 Å². The Morgan fingerprint density at radius 2 is 2.20 bits per heavy atom. The van der Waals surface area contributed by atoms with Gasteiger partial charge in [0.25, 0.3) is 0 Å². The quantitative estimate of drug-likeness (QED) is 0.840. The first-order chi connectivity index (χ1) is 9.83. The maximum absolute atomic E-state index is 4.20. The molecular weight excluding hydrogens is 264 g/mol. The second-order valence-electron chi connectivity index (χ2n) is 4.75. The van der Waals surface area contributed by atoms with E-state index >= 15 is 0 Å². The molecule has 3 heteroatoms. The Bertz CT molecular complexity index is 656. The normalized spacial score (nSPS) is 15.9. The molecule has 2 heterocycles. The SMILES string of the molecule is Cc1cccc2c1NC(CCC#Cc1ccccn1)S2.